The van der Waals surface area contributed by atoms with Crippen LogP contribution in [0.15, 0.2) is 66.7 Å². The molecule has 5 heteroatoms. The normalized spacial score (nSPS) is 15.6. The first-order valence-corrected chi connectivity index (χ1v) is 11.1. The summed E-state index contributed by atoms with van der Waals surface area (Å²) < 4.78 is 6.01. The lowest BCUT2D eigenvalue weighted by Crippen LogP contribution is -2.44. The minimum Gasteiger partial charge on any atom is -0.481 e. The minimum atomic E-state index is -0.509. The molecule has 0 bridgehead atoms. The Hall–Kier alpha value is -3.05. The van der Waals surface area contributed by atoms with E-state index in [9.17, 15) is 4.79 Å². The van der Waals surface area contributed by atoms with Gasteiger partial charge in [0.15, 0.2) is 6.10 Å². The number of carbonyl (C=O) groups excluding carboxylic acids is 1. The number of carbonyl (C=O) groups is 1. The van der Waals surface area contributed by atoms with E-state index in [1.54, 1.807) is 0 Å². The number of nitrogens with zero attached hydrogens (tertiary/aromatic N) is 2. The molecule has 3 aromatic carbocycles. The third-order valence-corrected chi connectivity index (χ3v) is 5.93. The van der Waals surface area contributed by atoms with E-state index in [2.05, 4.69) is 58.6 Å². The van der Waals surface area contributed by atoms with Crippen molar-refractivity contribution in [3.8, 4) is 5.75 Å². The first-order chi connectivity index (χ1) is 15.1. The minimum absolute atomic E-state index is 0.0844. The van der Waals surface area contributed by atoms with Crippen LogP contribution in [0.4, 0.5) is 5.69 Å². The summed E-state index contributed by atoms with van der Waals surface area (Å²) in [6.07, 6.45) is 0.104. The molecule has 4 rings (SSSR count). The number of ether oxygens (including phenoxy) is 1. The summed E-state index contributed by atoms with van der Waals surface area (Å²) in [5.41, 5.74) is 2.33. The third kappa shape index (κ3) is 5.36. The highest BCUT2D eigenvalue weighted by molar-refractivity contribution is 5.84. The summed E-state index contributed by atoms with van der Waals surface area (Å²) in [6, 6.07) is 22.6. The Bertz CT molecular complexity index is 1010. The molecule has 0 unspecified atom stereocenters. The van der Waals surface area contributed by atoms with Crippen LogP contribution in [-0.2, 0) is 11.3 Å². The summed E-state index contributed by atoms with van der Waals surface area (Å²) >= 11 is 0. The first kappa shape index (κ1) is 21.2. The zero-order chi connectivity index (χ0) is 21.6. The lowest BCUT2D eigenvalue weighted by molar-refractivity contribution is -0.128. The maximum Gasteiger partial charge on any atom is 0.261 e. The van der Waals surface area contributed by atoms with Gasteiger partial charge in [-0.1, -0.05) is 49.4 Å². The SMILES string of the molecule is CC[C@H](Oc1ccc2ccccc2c1)C(=O)NCc1ccc(N2CCN(C)CC2)cc1. The van der Waals surface area contributed by atoms with Crippen molar-refractivity contribution in [1.29, 1.82) is 0 Å². The standard InChI is InChI=1S/C26H31N3O2/c1-3-25(31-24-13-10-21-6-4-5-7-22(21)18-24)26(30)27-19-20-8-11-23(12-9-20)29-16-14-28(2)15-17-29/h4-13,18,25H,3,14-17,19H2,1-2H3,(H,27,30)/t25-/m0/s1. The van der Waals surface area contributed by atoms with Gasteiger partial charge in [-0.2, -0.15) is 0 Å². The van der Waals surface area contributed by atoms with Crippen LogP contribution in [0.3, 0.4) is 0 Å². The highest BCUT2D eigenvalue weighted by atomic mass is 16.5. The molecule has 1 N–H and O–H groups in total. The molecule has 1 heterocycles. The average molecular weight is 418 g/mol. The number of anilines is 1. The van der Waals surface area contributed by atoms with Gasteiger partial charge in [0.05, 0.1) is 0 Å². The van der Waals surface area contributed by atoms with Gasteiger partial charge in [-0.3, -0.25) is 4.79 Å². The van der Waals surface area contributed by atoms with Crippen molar-refractivity contribution in [3.63, 3.8) is 0 Å². The van der Waals surface area contributed by atoms with E-state index < -0.39 is 6.10 Å². The second-order valence-corrected chi connectivity index (χ2v) is 8.20. The smallest absolute Gasteiger partial charge is 0.261 e. The number of fused-ring (bicyclic) bond motifs is 1. The van der Waals surface area contributed by atoms with Crippen molar-refractivity contribution < 1.29 is 9.53 Å². The lowest BCUT2D eigenvalue weighted by Gasteiger charge is -2.34. The van der Waals surface area contributed by atoms with E-state index in [1.165, 1.54) is 5.69 Å². The highest BCUT2D eigenvalue weighted by Gasteiger charge is 2.18. The van der Waals surface area contributed by atoms with Gasteiger partial charge < -0.3 is 19.9 Å². The fourth-order valence-corrected chi connectivity index (χ4v) is 3.92. The fraction of sp³-hybridized carbons (Fsp3) is 0.346. The Balaban J connectivity index is 1.32. The maximum absolute atomic E-state index is 12.7. The van der Waals surface area contributed by atoms with Gasteiger partial charge in [0, 0.05) is 38.4 Å². The van der Waals surface area contributed by atoms with Crippen molar-refractivity contribution in [2.45, 2.75) is 26.0 Å². The number of rotatable bonds is 7. The van der Waals surface area contributed by atoms with Crippen molar-refractivity contribution in [2.24, 2.45) is 0 Å². The van der Waals surface area contributed by atoms with Gasteiger partial charge in [0.1, 0.15) is 5.75 Å². The summed E-state index contributed by atoms with van der Waals surface area (Å²) in [6.45, 7) is 6.75. The molecule has 0 radical (unpaired) electrons. The topological polar surface area (TPSA) is 44.8 Å². The Morgan fingerprint density at radius 3 is 2.39 bits per heavy atom. The van der Waals surface area contributed by atoms with Gasteiger partial charge >= 0.3 is 0 Å². The summed E-state index contributed by atoms with van der Waals surface area (Å²) in [5, 5.41) is 5.29. The molecule has 0 spiro atoms. The van der Waals surface area contributed by atoms with Gasteiger partial charge in [0.2, 0.25) is 0 Å². The molecule has 5 nitrogen and oxygen atoms in total. The third-order valence-electron chi connectivity index (χ3n) is 5.93. The number of amides is 1. The summed E-state index contributed by atoms with van der Waals surface area (Å²) in [7, 11) is 2.16. The van der Waals surface area contributed by atoms with Crippen molar-refractivity contribution in [2.75, 3.05) is 38.1 Å². The largest absolute Gasteiger partial charge is 0.481 e. The van der Waals surface area contributed by atoms with Crippen LogP contribution in [0.1, 0.15) is 18.9 Å². The predicted molar refractivity (Wildman–Crippen MR) is 127 cm³/mol. The molecule has 3 aromatic rings. The summed E-state index contributed by atoms with van der Waals surface area (Å²) in [4.78, 5) is 17.5. The van der Waals surface area contributed by atoms with Crippen LogP contribution in [-0.4, -0.2) is 50.1 Å². The second kappa shape index (κ2) is 9.84. The van der Waals surface area contributed by atoms with E-state index in [1.807, 2.05) is 37.3 Å². The van der Waals surface area contributed by atoms with E-state index in [0.717, 1.165) is 48.3 Å². The van der Waals surface area contributed by atoms with Crippen molar-refractivity contribution in [3.05, 3.63) is 72.3 Å². The van der Waals surface area contributed by atoms with E-state index in [4.69, 9.17) is 4.74 Å². The first-order valence-electron chi connectivity index (χ1n) is 11.1. The molecular formula is C26H31N3O2. The molecule has 1 atom stereocenters. The number of piperazine rings is 1. The number of likely N-dealkylation sites (N-methyl/N-ethyl adjacent to an activating group) is 1. The number of nitrogens with one attached hydrogen (secondary N) is 1. The van der Waals surface area contributed by atoms with E-state index >= 15 is 0 Å². The fourth-order valence-electron chi connectivity index (χ4n) is 3.92. The van der Waals surface area contributed by atoms with Gasteiger partial charge in [-0.15, -0.1) is 0 Å². The van der Waals surface area contributed by atoms with Crippen LogP contribution in [0, 0.1) is 0 Å². The maximum atomic E-state index is 12.7. The van der Waals surface area contributed by atoms with E-state index in [0.29, 0.717) is 13.0 Å². The molecule has 1 aliphatic rings. The summed E-state index contributed by atoms with van der Waals surface area (Å²) in [5.74, 6) is 0.635. The molecule has 1 saturated heterocycles. The predicted octanol–water partition coefficient (Wildman–Crippen LogP) is 4.07. The lowest BCUT2D eigenvalue weighted by atomic mass is 10.1. The second-order valence-electron chi connectivity index (χ2n) is 8.20. The van der Waals surface area contributed by atoms with Crippen LogP contribution >= 0.6 is 0 Å². The van der Waals surface area contributed by atoms with Crippen molar-refractivity contribution in [1.82, 2.24) is 10.2 Å². The Kier molecular flexibility index (Phi) is 6.73. The zero-order valence-corrected chi connectivity index (χ0v) is 18.4. The molecule has 1 fully saturated rings. The Labute approximate surface area is 184 Å². The number of hydrogen-bond donors (Lipinski definition) is 1. The van der Waals surface area contributed by atoms with Crippen molar-refractivity contribution >= 4 is 22.4 Å². The molecule has 31 heavy (non-hydrogen) atoms. The molecule has 0 aromatic heterocycles. The number of hydrogen-bond acceptors (Lipinski definition) is 4. The quantitative estimate of drug-likeness (QED) is 0.630. The zero-order valence-electron chi connectivity index (χ0n) is 18.4. The van der Waals surface area contributed by atoms with Crippen LogP contribution in [0.25, 0.3) is 10.8 Å². The monoisotopic (exact) mass is 417 g/mol. The molecule has 1 aliphatic heterocycles. The van der Waals surface area contributed by atoms with Gasteiger partial charge in [-0.25, -0.2) is 0 Å². The highest BCUT2D eigenvalue weighted by Crippen LogP contribution is 2.22. The van der Waals surface area contributed by atoms with Gasteiger partial charge in [0.25, 0.3) is 5.91 Å². The van der Waals surface area contributed by atoms with Crippen LogP contribution in [0.2, 0.25) is 0 Å². The Morgan fingerprint density at radius 2 is 1.68 bits per heavy atom. The average Bonchev–Trinajstić information content (AvgIpc) is 2.82. The molecular weight excluding hydrogens is 386 g/mol. The van der Waals surface area contributed by atoms with E-state index in [-0.39, 0.29) is 5.91 Å². The molecule has 0 saturated carbocycles. The van der Waals surface area contributed by atoms with Gasteiger partial charge in [-0.05, 0) is 54.1 Å². The Morgan fingerprint density at radius 1 is 0.968 bits per heavy atom. The molecule has 162 valence electrons. The molecule has 1 amide bonds. The number of benzene rings is 3. The van der Waals surface area contributed by atoms with Crippen LogP contribution < -0.4 is 15.0 Å². The molecule has 0 aliphatic carbocycles. The van der Waals surface area contributed by atoms with Crippen LogP contribution in [0.5, 0.6) is 5.75 Å².